The average Bonchev–Trinajstić information content (AvgIpc) is 2.64. The summed E-state index contributed by atoms with van der Waals surface area (Å²) >= 11 is 1.08. The van der Waals surface area contributed by atoms with Gasteiger partial charge in [0.25, 0.3) is 10.0 Å². The Balaban J connectivity index is 3.20. The second kappa shape index (κ2) is 4.75. The molecule has 5 nitrogen and oxygen atoms in total. The molecule has 0 bridgehead atoms. The first-order chi connectivity index (χ1) is 7.65. The predicted molar refractivity (Wildman–Crippen MR) is 65.6 cm³/mol. The maximum Gasteiger partial charge on any atom is 0.318 e. The third kappa shape index (κ3) is 3.27. The molecule has 17 heavy (non-hydrogen) atoms. The minimum Gasteiger partial charge on any atom is -0.480 e. The first-order valence-corrected chi connectivity index (χ1v) is 7.26. The van der Waals surface area contributed by atoms with Gasteiger partial charge in [-0.2, -0.15) is 4.31 Å². The Bertz CT molecular complexity index is 485. The third-order valence-corrected chi connectivity index (χ3v) is 5.55. The Morgan fingerprint density at radius 1 is 1.47 bits per heavy atom. The van der Waals surface area contributed by atoms with Crippen molar-refractivity contribution in [2.24, 2.45) is 0 Å². The van der Waals surface area contributed by atoms with Crippen molar-refractivity contribution in [1.29, 1.82) is 0 Å². The number of hydrogen-bond acceptors (Lipinski definition) is 4. The summed E-state index contributed by atoms with van der Waals surface area (Å²) in [6, 6.07) is 3.10. The van der Waals surface area contributed by atoms with Crippen LogP contribution in [0.5, 0.6) is 0 Å². The first-order valence-electron chi connectivity index (χ1n) is 4.94. The zero-order chi connectivity index (χ0) is 13.3. The quantitative estimate of drug-likeness (QED) is 0.907. The van der Waals surface area contributed by atoms with Crippen LogP contribution in [0.3, 0.4) is 0 Å². The summed E-state index contributed by atoms with van der Waals surface area (Å²) in [5, 5.41) is 10.5. The average molecular weight is 277 g/mol. The van der Waals surface area contributed by atoms with Crippen LogP contribution in [0.25, 0.3) is 0 Å². The van der Waals surface area contributed by atoms with E-state index in [0.29, 0.717) is 0 Å². The molecule has 0 spiro atoms. The summed E-state index contributed by atoms with van der Waals surface area (Å²) in [5.74, 6) is -1.17. The molecule has 0 radical (unpaired) electrons. The molecule has 0 aliphatic rings. The molecule has 1 heterocycles. The SMILES string of the molecule is CC(C)(C)N(CC(=O)O)S(=O)(=O)c1cccs1. The zero-order valence-corrected chi connectivity index (χ0v) is 11.5. The molecule has 0 aromatic carbocycles. The summed E-state index contributed by atoms with van der Waals surface area (Å²) in [7, 11) is -3.74. The van der Waals surface area contributed by atoms with E-state index in [1.807, 2.05) is 0 Å². The first kappa shape index (κ1) is 14.1. The number of sulfonamides is 1. The van der Waals surface area contributed by atoms with Crippen LogP contribution in [0, 0.1) is 0 Å². The molecule has 0 saturated carbocycles. The lowest BCUT2D eigenvalue weighted by atomic mass is 10.1. The van der Waals surface area contributed by atoms with Crippen molar-refractivity contribution in [3.8, 4) is 0 Å². The molecule has 0 amide bonds. The zero-order valence-electron chi connectivity index (χ0n) is 9.87. The van der Waals surface area contributed by atoms with Gasteiger partial charge in [0.1, 0.15) is 10.8 Å². The van der Waals surface area contributed by atoms with Gasteiger partial charge in [0.15, 0.2) is 0 Å². The highest BCUT2D eigenvalue weighted by molar-refractivity contribution is 7.91. The standard InChI is InChI=1S/C10H15NO4S2/c1-10(2,3)11(7-8(12)13)17(14,15)9-5-4-6-16-9/h4-6H,7H2,1-3H3,(H,12,13). The van der Waals surface area contributed by atoms with Crippen molar-refractivity contribution in [1.82, 2.24) is 4.31 Å². The van der Waals surface area contributed by atoms with E-state index in [1.165, 1.54) is 6.07 Å². The molecule has 1 aromatic heterocycles. The fourth-order valence-corrected chi connectivity index (χ4v) is 4.17. The molecule has 0 aliphatic carbocycles. The van der Waals surface area contributed by atoms with E-state index in [-0.39, 0.29) is 4.21 Å². The maximum atomic E-state index is 12.2. The minimum atomic E-state index is -3.74. The summed E-state index contributed by atoms with van der Waals surface area (Å²) in [6.07, 6.45) is 0. The van der Waals surface area contributed by atoms with E-state index in [2.05, 4.69) is 0 Å². The number of carboxylic acids is 1. The van der Waals surface area contributed by atoms with Gasteiger partial charge < -0.3 is 5.11 Å². The smallest absolute Gasteiger partial charge is 0.318 e. The summed E-state index contributed by atoms with van der Waals surface area (Å²) in [6.45, 7) is 4.47. The Labute approximate surface area is 105 Å². The van der Waals surface area contributed by atoms with Gasteiger partial charge in [-0.05, 0) is 32.2 Å². The molecule has 7 heteroatoms. The summed E-state index contributed by atoms with van der Waals surface area (Å²) in [5.41, 5.74) is -0.777. The van der Waals surface area contributed by atoms with Gasteiger partial charge in [-0.1, -0.05) is 6.07 Å². The molecule has 0 aliphatic heterocycles. The fourth-order valence-electron chi connectivity index (χ4n) is 1.32. The molecule has 0 fully saturated rings. The van der Waals surface area contributed by atoms with Gasteiger partial charge in [0, 0.05) is 5.54 Å². The lowest BCUT2D eigenvalue weighted by Gasteiger charge is -2.32. The molecular weight excluding hydrogens is 262 g/mol. The Morgan fingerprint density at radius 3 is 2.41 bits per heavy atom. The van der Waals surface area contributed by atoms with E-state index in [9.17, 15) is 13.2 Å². The summed E-state index contributed by atoms with van der Waals surface area (Å²) in [4.78, 5) is 10.8. The van der Waals surface area contributed by atoms with E-state index in [4.69, 9.17) is 5.11 Å². The molecule has 1 N–H and O–H groups in total. The Kier molecular flexibility index (Phi) is 3.95. The van der Waals surface area contributed by atoms with Crippen LogP contribution in [-0.4, -0.2) is 35.9 Å². The number of nitrogens with zero attached hydrogens (tertiary/aromatic N) is 1. The van der Waals surface area contributed by atoms with Crippen LogP contribution in [0.15, 0.2) is 21.7 Å². The Morgan fingerprint density at radius 2 is 2.06 bits per heavy atom. The highest BCUT2D eigenvalue weighted by Crippen LogP contribution is 2.26. The normalized spacial score (nSPS) is 12.9. The second-order valence-electron chi connectivity index (χ2n) is 4.51. The number of carbonyl (C=O) groups is 1. The van der Waals surface area contributed by atoms with Crippen LogP contribution in [0.2, 0.25) is 0 Å². The van der Waals surface area contributed by atoms with E-state index >= 15 is 0 Å². The lowest BCUT2D eigenvalue weighted by Crippen LogP contribution is -2.47. The van der Waals surface area contributed by atoms with Crippen molar-refractivity contribution in [2.75, 3.05) is 6.54 Å². The number of carboxylic acid groups (broad SMARTS) is 1. The van der Waals surface area contributed by atoms with E-state index < -0.39 is 28.1 Å². The van der Waals surface area contributed by atoms with Gasteiger partial charge in [-0.15, -0.1) is 11.3 Å². The molecular formula is C10H15NO4S2. The van der Waals surface area contributed by atoms with Crippen molar-refractivity contribution in [3.63, 3.8) is 0 Å². The van der Waals surface area contributed by atoms with Gasteiger partial charge in [-0.25, -0.2) is 8.42 Å². The fraction of sp³-hybridized carbons (Fsp3) is 0.500. The Hall–Kier alpha value is -0.920. The van der Waals surface area contributed by atoms with Gasteiger partial charge in [0.05, 0.1) is 0 Å². The van der Waals surface area contributed by atoms with Crippen LogP contribution in [0.4, 0.5) is 0 Å². The highest BCUT2D eigenvalue weighted by Gasteiger charge is 2.36. The van der Waals surface area contributed by atoms with Crippen LogP contribution >= 0.6 is 11.3 Å². The van der Waals surface area contributed by atoms with Crippen molar-refractivity contribution in [2.45, 2.75) is 30.5 Å². The van der Waals surface area contributed by atoms with Crippen molar-refractivity contribution >= 4 is 27.3 Å². The number of aliphatic carboxylic acids is 1. The minimum absolute atomic E-state index is 0.161. The number of hydrogen-bond donors (Lipinski definition) is 1. The molecule has 0 saturated heterocycles. The highest BCUT2D eigenvalue weighted by atomic mass is 32.2. The maximum absolute atomic E-state index is 12.2. The molecule has 1 rings (SSSR count). The third-order valence-electron chi connectivity index (χ3n) is 2.07. The van der Waals surface area contributed by atoms with E-state index in [1.54, 1.807) is 32.2 Å². The number of rotatable bonds is 4. The van der Waals surface area contributed by atoms with Crippen molar-refractivity contribution < 1.29 is 18.3 Å². The van der Waals surface area contributed by atoms with Gasteiger partial charge in [0.2, 0.25) is 0 Å². The second-order valence-corrected chi connectivity index (χ2v) is 7.55. The van der Waals surface area contributed by atoms with Gasteiger partial charge >= 0.3 is 5.97 Å². The van der Waals surface area contributed by atoms with Crippen molar-refractivity contribution in [3.05, 3.63) is 17.5 Å². The molecule has 96 valence electrons. The summed E-state index contributed by atoms with van der Waals surface area (Å²) < 4.78 is 25.7. The molecule has 0 unspecified atom stereocenters. The predicted octanol–water partition coefficient (Wildman–Crippen LogP) is 1.62. The van der Waals surface area contributed by atoms with Crippen LogP contribution < -0.4 is 0 Å². The van der Waals surface area contributed by atoms with Gasteiger partial charge in [-0.3, -0.25) is 4.79 Å². The molecule has 1 aromatic rings. The monoisotopic (exact) mass is 277 g/mol. The topological polar surface area (TPSA) is 74.7 Å². The lowest BCUT2D eigenvalue weighted by molar-refractivity contribution is -0.138. The van der Waals surface area contributed by atoms with Crippen LogP contribution in [-0.2, 0) is 14.8 Å². The van der Waals surface area contributed by atoms with Crippen LogP contribution in [0.1, 0.15) is 20.8 Å². The molecule has 0 atom stereocenters. The largest absolute Gasteiger partial charge is 0.480 e. The number of thiophene rings is 1. The van der Waals surface area contributed by atoms with E-state index in [0.717, 1.165) is 15.6 Å².